The summed E-state index contributed by atoms with van der Waals surface area (Å²) in [6.07, 6.45) is 0. The van der Waals surface area contributed by atoms with Crippen molar-refractivity contribution < 1.29 is 28.0 Å². The van der Waals surface area contributed by atoms with E-state index >= 15 is 0 Å². The lowest BCUT2D eigenvalue weighted by Crippen LogP contribution is -2.09. The second kappa shape index (κ2) is 8.76. The van der Waals surface area contributed by atoms with E-state index in [2.05, 4.69) is 15.5 Å². The molecule has 9 heteroatoms. The highest BCUT2D eigenvalue weighted by atomic mass is 19.1. The summed E-state index contributed by atoms with van der Waals surface area (Å²) in [5.74, 6) is -0.398. The molecular formula is C19H16FN3O5. The number of esters is 1. The summed E-state index contributed by atoms with van der Waals surface area (Å²) >= 11 is 0. The van der Waals surface area contributed by atoms with E-state index in [1.807, 2.05) is 0 Å². The third-order valence-corrected chi connectivity index (χ3v) is 3.44. The molecule has 28 heavy (non-hydrogen) atoms. The Hall–Kier alpha value is -3.75. The van der Waals surface area contributed by atoms with Crippen LogP contribution in [0.4, 0.5) is 10.1 Å². The molecule has 0 fully saturated rings. The van der Waals surface area contributed by atoms with Crippen LogP contribution in [0.25, 0.3) is 0 Å². The average Bonchev–Trinajstić information content (AvgIpc) is 3.13. The van der Waals surface area contributed by atoms with E-state index in [-0.39, 0.29) is 42.2 Å². The Labute approximate surface area is 159 Å². The second-order valence-corrected chi connectivity index (χ2v) is 5.69. The molecule has 1 amide bonds. The van der Waals surface area contributed by atoms with E-state index in [0.29, 0.717) is 11.4 Å². The third kappa shape index (κ3) is 5.37. The third-order valence-electron chi connectivity index (χ3n) is 3.44. The van der Waals surface area contributed by atoms with Crippen molar-refractivity contribution in [3.8, 4) is 5.75 Å². The van der Waals surface area contributed by atoms with E-state index in [9.17, 15) is 14.0 Å². The molecular weight excluding hydrogens is 369 g/mol. The molecule has 0 unspecified atom stereocenters. The Bertz CT molecular complexity index is 972. The summed E-state index contributed by atoms with van der Waals surface area (Å²) in [6.45, 7) is 1.17. The van der Waals surface area contributed by atoms with Crippen molar-refractivity contribution in [2.24, 2.45) is 0 Å². The zero-order chi connectivity index (χ0) is 19.9. The van der Waals surface area contributed by atoms with Crippen LogP contribution in [-0.4, -0.2) is 22.0 Å². The second-order valence-electron chi connectivity index (χ2n) is 5.69. The molecule has 0 aliphatic rings. The zero-order valence-corrected chi connectivity index (χ0v) is 14.8. The number of hydrogen-bond donors (Lipinski definition) is 1. The molecule has 1 heterocycles. The quantitative estimate of drug-likeness (QED) is 0.623. The topological polar surface area (TPSA) is 104 Å². The largest absolute Gasteiger partial charge is 0.485 e. The molecule has 0 spiro atoms. The Morgan fingerprint density at radius 2 is 1.93 bits per heavy atom. The summed E-state index contributed by atoms with van der Waals surface area (Å²) < 4.78 is 28.4. The molecule has 3 rings (SSSR count). The van der Waals surface area contributed by atoms with E-state index in [0.717, 1.165) is 0 Å². The monoisotopic (exact) mass is 385 g/mol. The highest BCUT2D eigenvalue weighted by molar-refractivity contribution is 5.93. The summed E-state index contributed by atoms with van der Waals surface area (Å²) in [6, 6.07) is 11.8. The minimum absolute atomic E-state index is 0.0157. The SMILES string of the molecule is CC(=O)Nc1cccc(C(=O)OCc2nc(COc3ccc(F)cc3)no2)c1. The maximum Gasteiger partial charge on any atom is 0.338 e. The predicted octanol–water partition coefficient (Wildman–Crippen LogP) is 3.10. The first kappa shape index (κ1) is 19.0. The van der Waals surface area contributed by atoms with Gasteiger partial charge in [-0.15, -0.1) is 0 Å². The lowest BCUT2D eigenvalue weighted by atomic mass is 10.2. The number of carbonyl (C=O) groups is 2. The van der Waals surface area contributed by atoms with E-state index in [4.69, 9.17) is 14.0 Å². The van der Waals surface area contributed by atoms with Gasteiger partial charge in [-0.2, -0.15) is 4.98 Å². The lowest BCUT2D eigenvalue weighted by molar-refractivity contribution is -0.114. The summed E-state index contributed by atoms with van der Waals surface area (Å²) in [7, 11) is 0. The maximum absolute atomic E-state index is 12.8. The van der Waals surface area contributed by atoms with Crippen LogP contribution in [-0.2, 0) is 22.7 Å². The Morgan fingerprint density at radius 3 is 2.68 bits per heavy atom. The van der Waals surface area contributed by atoms with Crippen molar-refractivity contribution in [1.29, 1.82) is 0 Å². The van der Waals surface area contributed by atoms with Gasteiger partial charge in [0.15, 0.2) is 13.2 Å². The Morgan fingerprint density at radius 1 is 1.14 bits per heavy atom. The number of halogens is 1. The van der Waals surface area contributed by atoms with Gasteiger partial charge >= 0.3 is 5.97 Å². The number of amides is 1. The molecule has 0 atom stereocenters. The van der Waals surface area contributed by atoms with Gasteiger partial charge in [0.05, 0.1) is 5.56 Å². The van der Waals surface area contributed by atoms with Gasteiger partial charge in [0.1, 0.15) is 11.6 Å². The van der Waals surface area contributed by atoms with Gasteiger partial charge in [-0.25, -0.2) is 9.18 Å². The number of aromatic nitrogens is 2. The first-order valence-corrected chi connectivity index (χ1v) is 8.24. The zero-order valence-electron chi connectivity index (χ0n) is 14.8. The van der Waals surface area contributed by atoms with E-state index in [1.165, 1.54) is 37.3 Å². The molecule has 8 nitrogen and oxygen atoms in total. The molecule has 0 aliphatic carbocycles. The standard InChI is InChI=1S/C19H16FN3O5/c1-12(24)21-15-4-2-3-13(9-15)19(25)27-11-18-22-17(23-28-18)10-26-16-7-5-14(20)6-8-16/h2-9H,10-11H2,1H3,(H,21,24). The van der Waals surface area contributed by atoms with Crippen LogP contribution in [0, 0.1) is 5.82 Å². The number of anilines is 1. The Kier molecular flexibility index (Phi) is 5.95. The number of rotatable bonds is 7. The number of carbonyl (C=O) groups excluding carboxylic acids is 2. The minimum Gasteiger partial charge on any atom is -0.485 e. The highest BCUT2D eigenvalue weighted by Gasteiger charge is 2.13. The molecule has 0 radical (unpaired) electrons. The molecule has 1 aromatic heterocycles. The van der Waals surface area contributed by atoms with Gasteiger partial charge in [0.2, 0.25) is 11.7 Å². The molecule has 2 aromatic carbocycles. The predicted molar refractivity (Wildman–Crippen MR) is 94.9 cm³/mol. The maximum atomic E-state index is 12.8. The minimum atomic E-state index is -0.602. The first-order chi connectivity index (χ1) is 13.5. The number of nitrogens with one attached hydrogen (secondary N) is 1. The molecule has 1 N–H and O–H groups in total. The Balaban J connectivity index is 1.51. The van der Waals surface area contributed by atoms with Crippen LogP contribution in [0.15, 0.2) is 53.1 Å². The van der Waals surface area contributed by atoms with E-state index < -0.39 is 5.97 Å². The fraction of sp³-hybridized carbons (Fsp3) is 0.158. The van der Waals surface area contributed by atoms with Crippen molar-refractivity contribution >= 4 is 17.6 Å². The summed E-state index contributed by atoms with van der Waals surface area (Å²) in [5, 5.41) is 6.31. The van der Waals surface area contributed by atoms with Crippen molar-refractivity contribution in [2.45, 2.75) is 20.1 Å². The lowest BCUT2D eigenvalue weighted by Gasteiger charge is -2.05. The van der Waals surface area contributed by atoms with Gasteiger partial charge in [-0.1, -0.05) is 11.2 Å². The number of hydrogen-bond acceptors (Lipinski definition) is 7. The van der Waals surface area contributed by atoms with Gasteiger partial charge in [-0.3, -0.25) is 4.79 Å². The van der Waals surface area contributed by atoms with Crippen molar-refractivity contribution in [3.63, 3.8) is 0 Å². The first-order valence-electron chi connectivity index (χ1n) is 8.24. The van der Waals surface area contributed by atoms with Crippen molar-refractivity contribution in [2.75, 3.05) is 5.32 Å². The normalized spacial score (nSPS) is 10.4. The van der Waals surface area contributed by atoms with Crippen LogP contribution in [0.2, 0.25) is 0 Å². The molecule has 3 aromatic rings. The number of benzene rings is 2. The van der Waals surface area contributed by atoms with Crippen molar-refractivity contribution in [3.05, 3.63) is 71.6 Å². The molecule has 0 saturated carbocycles. The van der Waals surface area contributed by atoms with Gasteiger partial charge in [0.25, 0.3) is 5.89 Å². The van der Waals surface area contributed by atoms with Crippen molar-refractivity contribution in [1.82, 2.24) is 10.1 Å². The smallest absolute Gasteiger partial charge is 0.338 e. The fourth-order valence-electron chi connectivity index (χ4n) is 2.22. The van der Waals surface area contributed by atoms with Crippen LogP contribution in [0.5, 0.6) is 5.75 Å². The van der Waals surface area contributed by atoms with Crippen LogP contribution in [0.1, 0.15) is 29.0 Å². The van der Waals surface area contributed by atoms with Gasteiger partial charge in [0, 0.05) is 12.6 Å². The number of nitrogens with zero attached hydrogens (tertiary/aromatic N) is 2. The van der Waals surface area contributed by atoms with E-state index in [1.54, 1.807) is 18.2 Å². The molecule has 0 bridgehead atoms. The molecule has 144 valence electrons. The molecule has 0 saturated heterocycles. The van der Waals surface area contributed by atoms with Crippen LogP contribution < -0.4 is 10.1 Å². The number of ether oxygens (including phenoxy) is 2. The van der Waals surface area contributed by atoms with Gasteiger partial charge in [-0.05, 0) is 42.5 Å². The van der Waals surface area contributed by atoms with Gasteiger partial charge < -0.3 is 19.3 Å². The molecule has 0 aliphatic heterocycles. The fourth-order valence-corrected chi connectivity index (χ4v) is 2.22. The summed E-state index contributed by atoms with van der Waals surface area (Å²) in [4.78, 5) is 27.3. The average molecular weight is 385 g/mol. The summed E-state index contributed by atoms with van der Waals surface area (Å²) in [5.41, 5.74) is 0.755. The van der Waals surface area contributed by atoms with Crippen LogP contribution >= 0.6 is 0 Å². The highest BCUT2D eigenvalue weighted by Crippen LogP contribution is 2.14. The van der Waals surface area contributed by atoms with Crippen LogP contribution in [0.3, 0.4) is 0 Å².